The third-order valence-electron chi connectivity index (χ3n) is 5.57. The van der Waals surface area contributed by atoms with Crippen LogP contribution in [0.5, 0.6) is 5.75 Å². The standard InChI is InChI=1S/C22H28FN3O4/c1-5-17-19(22(28)30-4)14(2)20(24-17)21(27)26-10-8-25(9-11-26)13-15-6-7-18(29-3)16(23)12-15/h6-7,12,24H,5,8-11,13H2,1-4H3. The molecule has 0 aliphatic carbocycles. The van der Waals surface area contributed by atoms with Crippen molar-refractivity contribution in [1.82, 2.24) is 14.8 Å². The first-order chi connectivity index (χ1) is 14.4. The fraction of sp³-hybridized carbons (Fsp3) is 0.455. The number of hydrogen-bond donors (Lipinski definition) is 1. The highest BCUT2D eigenvalue weighted by molar-refractivity contribution is 6.00. The molecular formula is C22H28FN3O4. The Kier molecular flexibility index (Phi) is 6.77. The molecule has 1 amide bonds. The van der Waals surface area contributed by atoms with Crippen LogP contribution in [-0.4, -0.2) is 67.1 Å². The van der Waals surface area contributed by atoms with Crippen LogP contribution in [-0.2, 0) is 17.7 Å². The van der Waals surface area contributed by atoms with Gasteiger partial charge >= 0.3 is 5.97 Å². The minimum Gasteiger partial charge on any atom is -0.494 e. The number of hydrogen-bond acceptors (Lipinski definition) is 5. The van der Waals surface area contributed by atoms with Gasteiger partial charge in [0.2, 0.25) is 0 Å². The average Bonchev–Trinajstić information content (AvgIpc) is 3.09. The molecule has 7 nitrogen and oxygen atoms in total. The number of H-pyrrole nitrogens is 1. The predicted octanol–water partition coefficient (Wildman–Crippen LogP) is 2.78. The van der Waals surface area contributed by atoms with Crippen molar-refractivity contribution in [1.29, 1.82) is 0 Å². The van der Waals surface area contributed by atoms with Gasteiger partial charge in [0.25, 0.3) is 5.91 Å². The zero-order valence-corrected chi connectivity index (χ0v) is 17.9. The van der Waals surface area contributed by atoms with Crippen molar-refractivity contribution in [3.63, 3.8) is 0 Å². The van der Waals surface area contributed by atoms with Crippen molar-refractivity contribution in [3.8, 4) is 5.75 Å². The molecule has 0 radical (unpaired) electrons. The number of ether oxygens (including phenoxy) is 2. The van der Waals surface area contributed by atoms with Crippen molar-refractivity contribution < 1.29 is 23.5 Å². The van der Waals surface area contributed by atoms with Crippen LogP contribution < -0.4 is 4.74 Å². The van der Waals surface area contributed by atoms with E-state index in [4.69, 9.17) is 9.47 Å². The van der Waals surface area contributed by atoms with Gasteiger partial charge in [0.05, 0.1) is 19.8 Å². The van der Waals surface area contributed by atoms with E-state index in [1.165, 1.54) is 20.3 Å². The Labute approximate surface area is 175 Å². The van der Waals surface area contributed by atoms with Crippen LogP contribution in [0.3, 0.4) is 0 Å². The van der Waals surface area contributed by atoms with Gasteiger partial charge in [0.1, 0.15) is 5.69 Å². The number of methoxy groups -OCH3 is 2. The van der Waals surface area contributed by atoms with Crippen molar-refractivity contribution in [2.24, 2.45) is 0 Å². The highest BCUT2D eigenvalue weighted by Gasteiger charge is 2.28. The van der Waals surface area contributed by atoms with Crippen LogP contribution in [0.25, 0.3) is 0 Å². The Morgan fingerprint density at radius 1 is 1.17 bits per heavy atom. The Balaban J connectivity index is 1.65. The Morgan fingerprint density at radius 2 is 1.87 bits per heavy atom. The SMILES string of the molecule is CCc1[nH]c(C(=O)N2CCN(Cc3ccc(OC)c(F)c3)CC2)c(C)c1C(=O)OC. The van der Waals surface area contributed by atoms with E-state index in [1.807, 2.05) is 13.0 Å². The minimum absolute atomic E-state index is 0.118. The van der Waals surface area contributed by atoms with Crippen LogP contribution in [0.15, 0.2) is 18.2 Å². The summed E-state index contributed by atoms with van der Waals surface area (Å²) in [6.45, 7) is 6.79. The zero-order valence-electron chi connectivity index (χ0n) is 17.9. The number of aromatic amines is 1. The molecular weight excluding hydrogens is 389 g/mol. The molecule has 0 bridgehead atoms. The number of piperazine rings is 1. The molecule has 3 rings (SSSR count). The van der Waals surface area contributed by atoms with Crippen molar-refractivity contribution in [2.75, 3.05) is 40.4 Å². The van der Waals surface area contributed by atoms with Gasteiger partial charge in [-0.1, -0.05) is 13.0 Å². The molecule has 0 unspecified atom stereocenters. The highest BCUT2D eigenvalue weighted by Crippen LogP contribution is 2.23. The summed E-state index contributed by atoms with van der Waals surface area (Å²) in [4.78, 5) is 32.2. The smallest absolute Gasteiger partial charge is 0.339 e. The van der Waals surface area contributed by atoms with Gasteiger partial charge in [-0.3, -0.25) is 9.69 Å². The lowest BCUT2D eigenvalue weighted by molar-refractivity contribution is 0.0599. The summed E-state index contributed by atoms with van der Waals surface area (Å²) in [6.07, 6.45) is 0.602. The van der Waals surface area contributed by atoms with Crippen LogP contribution in [0, 0.1) is 12.7 Å². The van der Waals surface area contributed by atoms with Gasteiger partial charge < -0.3 is 19.4 Å². The maximum absolute atomic E-state index is 13.9. The van der Waals surface area contributed by atoms with Gasteiger partial charge in [0.15, 0.2) is 11.6 Å². The summed E-state index contributed by atoms with van der Waals surface area (Å²) in [5.74, 6) is -0.698. The minimum atomic E-state index is -0.434. The number of nitrogens with zero attached hydrogens (tertiary/aromatic N) is 2. The summed E-state index contributed by atoms with van der Waals surface area (Å²) in [5, 5.41) is 0. The third-order valence-corrected chi connectivity index (χ3v) is 5.57. The average molecular weight is 417 g/mol. The number of aromatic nitrogens is 1. The summed E-state index contributed by atoms with van der Waals surface area (Å²) >= 11 is 0. The van der Waals surface area contributed by atoms with Gasteiger partial charge in [-0.2, -0.15) is 0 Å². The number of benzene rings is 1. The monoisotopic (exact) mass is 417 g/mol. The highest BCUT2D eigenvalue weighted by atomic mass is 19.1. The van der Waals surface area contributed by atoms with Crippen LogP contribution in [0.4, 0.5) is 4.39 Å². The number of esters is 1. The molecule has 1 aliphatic heterocycles. The second-order valence-corrected chi connectivity index (χ2v) is 7.36. The molecule has 0 atom stereocenters. The van der Waals surface area contributed by atoms with Crippen LogP contribution >= 0.6 is 0 Å². The fourth-order valence-electron chi connectivity index (χ4n) is 3.85. The molecule has 0 spiro atoms. The van der Waals surface area contributed by atoms with E-state index in [1.54, 1.807) is 17.9 Å². The molecule has 1 aliphatic rings. The summed E-state index contributed by atoms with van der Waals surface area (Å²) in [5.41, 5.74) is 3.09. The number of carbonyl (C=O) groups is 2. The van der Waals surface area contributed by atoms with E-state index < -0.39 is 5.97 Å². The Bertz CT molecular complexity index is 933. The summed E-state index contributed by atoms with van der Waals surface area (Å²) in [6, 6.07) is 4.96. The molecule has 30 heavy (non-hydrogen) atoms. The van der Waals surface area contributed by atoms with E-state index in [9.17, 15) is 14.0 Å². The van der Waals surface area contributed by atoms with Gasteiger partial charge in [-0.05, 0) is 36.6 Å². The quantitative estimate of drug-likeness (QED) is 0.732. The molecule has 8 heteroatoms. The number of nitrogens with one attached hydrogen (secondary N) is 1. The Morgan fingerprint density at radius 3 is 2.43 bits per heavy atom. The van der Waals surface area contributed by atoms with Gasteiger partial charge in [-0.15, -0.1) is 0 Å². The summed E-state index contributed by atoms with van der Waals surface area (Å²) < 4.78 is 23.7. The molecule has 162 valence electrons. The van der Waals surface area contributed by atoms with Crippen LogP contribution in [0.2, 0.25) is 0 Å². The summed E-state index contributed by atoms with van der Waals surface area (Å²) in [7, 11) is 2.78. The number of amides is 1. The first-order valence-electron chi connectivity index (χ1n) is 10.0. The third kappa shape index (κ3) is 4.33. The molecule has 1 saturated heterocycles. The molecule has 2 aromatic rings. The lowest BCUT2D eigenvalue weighted by Crippen LogP contribution is -2.48. The normalized spacial score (nSPS) is 14.6. The Hall–Kier alpha value is -2.87. The van der Waals surface area contributed by atoms with Gasteiger partial charge in [-0.25, -0.2) is 9.18 Å². The topological polar surface area (TPSA) is 74.9 Å². The molecule has 1 aromatic heterocycles. The van der Waals surface area contributed by atoms with Crippen molar-refractivity contribution in [2.45, 2.75) is 26.8 Å². The first kappa shape index (κ1) is 21.8. The van der Waals surface area contributed by atoms with Crippen molar-refractivity contribution in [3.05, 3.63) is 52.1 Å². The lowest BCUT2D eigenvalue weighted by atomic mass is 10.1. The van der Waals surface area contributed by atoms with E-state index in [2.05, 4.69) is 9.88 Å². The molecule has 1 N–H and O–H groups in total. The predicted molar refractivity (Wildman–Crippen MR) is 110 cm³/mol. The second-order valence-electron chi connectivity index (χ2n) is 7.36. The van der Waals surface area contributed by atoms with Gasteiger partial charge in [0, 0.05) is 38.4 Å². The molecule has 2 heterocycles. The fourth-order valence-corrected chi connectivity index (χ4v) is 3.85. The molecule has 0 saturated carbocycles. The zero-order chi connectivity index (χ0) is 21.8. The number of halogens is 1. The first-order valence-corrected chi connectivity index (χ1v) is 10.0. The molecule has 1 aromatic carbocycles. The lowest BCUT2D eigenvalue weighted by Gasteiger charge is -2.34. The second kappa shape index (κ2) is 9.30. The largest absolute Gasteiger partial charge is 0.494 e. The number of aryl methyl sites for hydroxylation is 1. The van der Waals surface area contributed by atoms with Crippen LogP contribution in [0.1, 0.15) is 44.6 Å². The van der Waals surface area contributed by atoms with E-state index >= 15 is 0 Å². The van der Waals surface area contributed by atoms with E-state index in [-0.39, 0.29) is 17.5 Å². The van der Waals surface area contributed by atoms with E-state index in [0.717, 1.165) is 5.56 Å². The van der Waals surface area contributed by atoms with Crippen molar-refractivity contribution >= 4 is 11.9 Å². The maximum atomic E-state index is 13.9. The maximum Gasteiger partial charge on any atom is 0.339 e. The van der Waals surface area contributed by atoms with E-state index in [0.29, 0.717) is 61.7 Å². The number of rotatable bonds is 6. The molecule has 1 fully saturated rings. The number of carbonyl (C=O) groups excluding carboxylic acids is 2.